The van der Waals surface area contributed by atoms with Crippen LogP contribution in [0, 0.1) is 18.8 Å². The number of nitrogens with one attached hydrogen (secondary N) is 1. The van der Waals surface area contributed by atoms with Gasteiger partial charge in [0.25, 0.3) is 0 Å². The molecule has 0 fully saturated rings. The Balaban J connectivity index is 1.98. The molecule has 2 atom stereocenters. The van der Waals surface area contributed by atoms with Gasteiger partial charge in [-0.05, 0) is 25.3 Å². The van der Waals surface area contributed by atoms with Crippen molar-refractivity contribution in [3.8, 4) is 0 Å². The van der Waals surface area contributed by atoms with Crippen LogP contribution in [-0.2, 0) is 11.3 Å². The number of aromatic nitrogens is 2. The van der Waals surface area contributed by atoms with Gasteiger partial charge < -0.3 is 10.4 Å². The van der Waals surface area contributed by atoms with Gasteiger partial charge in [0.15, 0.2) is 0 Å². The smallest absolute Gasteiger partial charge is 0.244 e. The number of aliphatic hydroxyl groups is 1. The Morgan fingerprint density at radius 2 is 2.30 bits per heavy atom. The van der Waals surface area contributed by atoms with E-state index in [2.05, 4.69) is 24.3 Å². The van der Waals surface area contributed by atoms with Crippen LogP contribution >= 0.6 is 11.6 Å². The minimum atomic E-state index is -0.176. The molecule has 0 bridgehead atoms. The average molecular weight is 338 g/mol. The Morgan fingerprint density at radius 1 is 1.57 bits per heavy atom. The second-order valence-electron chi connectivity index (χ2n) is 6.38. The predicted molar refractivity (Wildman–Crippen MR) is 92.1 cm³/mol. The van der Waals surface area contributed by atoms with Crippen molar-refractivity contribution in [1.29, 1.82) is 0 Å². The molecule has 1 amide bonds. The van der Waals surface area contributed by atoms with Gasteiger partial charge in [-0.3, -0.25) is 9.48 Å². The summed E-state index contributed by atoms with van der Waals surface area (Å²) in [5.74, 6) is 0.404. The first-order valence-electron chi connectivity index (χ1n) is 7.91. The molecule has 1 aromatic heterocycles. The fraction of sp³-hybridized carbons (Fsp3) is 0.529. The van der Waals surface area contributed by atoms with Crippen LogP contribution in [-0.4, -0.2) is 33.4 Å². The van der Waals surface area contributed by atoms with Gasteiger partial charge in [-0.1, -0.05) is 37.6 Å². The van der Waals surface area contributed by atoms with E-state index in [1.54, 1.807) is 10.8 Å². The zero-order chi connectivity index (χ0) is 17.0. The highest BCUT2D eigenvalue weighted by Crippen LogP contribution is 2.22. The molecule has 1 aliphatic rings. The van der Waals surface area contributed by atoms with E-state index in [9.17, 15) is 4.79 Å². The fourth-order valence-corrected chi connectivity index (χ4v) is 2.94. The minimum Gasteiger partial charge on any atom is -0.396 e. The van der Waals surface area contributed by atoms with E-state index in [1.165, 1.54) is 6.08 Å². The summed E-state index contributed by atoms with van der Waals surface area (Å²) in [5.41, 5.74) is 1.58. The Kier molecular flexibility index (Phi) is 6.02. The molecule has 126 valence electrons. The normalized spacial score (nSPS) is 20.8. The molecular formula is C17H24ClN3O2. The summed E-state index contributed by atoms with van der Waals surface area (Å²) in [7, 11) is 0. The molecule has 1 heterocycles. The van der Waals surface area contributed by atoms with E-state index in [-0.39, 0.29) is 24.5 Å². The molecule has 1 aromatic rings. The Morgan fingerprint density at radius 3 is 2.91 bits per heavy atom. The number of amides is 1. The van der Waals surface area contributed by atoms with Gasteiger partial charge in [0.05, 0.1) is 5.69 Å². The maximum atomic E-state index is 12.0. The largest absolute Gasteiger partial charge is 0.396 e. The summed E-state index contributed by atoms with van der Waals surface area (Å²) in [6.45, 7) is 6.94. The second kappa shape index (κ2) is 7.79. The average Bonchev–Trinajstić information content (AvgIpc) is 3.02. The summed E-state index contributed by atoms with van der Waals surface area (Å²) in [6, 6.07) is -0.0236. The van der Waals surface area contributed by atoms with E-state index in [0.717, 1.165) is 24.2 Å². The summed E-state index contributed by atoms with van der Waals surface area (Å²) in [4.78, 5) is 12.0. The van der Waals surface area contributed by atoms with E-state index in [1.807, 2.05) is 19.1 Å². The summed E-state index contributed by atoms with van der Waals surface area (Å²) in [6.07, 6.45) is 7.79. The van der Waals surface area contributed by atoms with Crippen LogP contribution in [0.3, 0.4) is 0 Å². The van der Waals surface area contributed by atoms with Crippen molar-refractivity contribution in [1.82, 2.24) is 15.1 Å². The van der Waals surface area contributed by atoms with Crippen molar-refractivity contribution < 1.29 is 9.90 Å². The molecule has 5 nitrogen and oxygen atoms in total. The SMILES string of the molecule is Cc1nn(CC(C)C)c(Cl)c1/C=C/C(=O)N[C@@H]1C=C[C@H](CO)C1. The fourth-order valence-electron chi connectivity index (χ4n) is 2.63. The van der Waals surface area contributed by atoms with Gasteiger partial charge in [-0.25, -0.2) is 0 Å². The number of hydrogen-bond donors (Lipinski definition) is 2. The maximum absolute atomic E-state index is 12.0. The summed E-state index contributed by atoms with van der Waals surface area (Å²) in [5, 5.41) is 17.0. The van der Waals surface area contributed by atoms with Gasteiger partial charge in [0.2, 0.25) is 5.91 Å². The monoisotopic (exact) mass is 337 g/mol. The molecule has 0 saturated carbocycles. The van der Waals surface area contributed by atoms with Gasteiger partial charge in [-0.15, -0.1) is 0 Å². The number of aliphatic hydroxyl groups excluding tert-OH is 1. The van der Waals surface area contributed by atoms with Crippen LogP contribution in [0.25, 0.3) is 6.08 Å². The quantitative estimate of drug-likeness (QED) is 0.619. The lowest BCUT2D eigenvalue weighted by Gasteiger charge is -2.10. The lowest BCUT2D eigenvalue weighted by atomic mass is 10.1. The summed E-state index contributed by atoms with van der Waals surface area (Å²) >= 11 is 6.34. The first-order valence-corrected chi connectivity index (χ1v) is 8.29. The molecule has 0 spiro atoms. The van der Waals surface area contributed by atoms with E-state index in [4.69, 9.17) is 16.7 Å². The van der Waals surface area contributed by atoms with Crippen LogP contribution in [0.4, 0.5) is 0 Å². The van der Waals surface area contributed by atoms with E-state index in [0.29, 0.717) is 11.1 Å². The molecule has 0 aliphatic heterocycles. The zero-order valence-corrected chi connectivity index (χ0v) is 14.5. The van der Waals surface area contributed by atoms with Crippen molar-refractivity contribution in [2.24, 2.45) is 11.8 Å². The van der Waals surface area contributed by atoms with Crippen LogP contribution in [0.2, 0.25) is 5.15 Å². The highest BCUT2D eigenvalue weighted by Gasteiger charge is 2.19. The van der Waals surface area contributed by atoms with Crippen molar-refractivity contribution in [3.05, 3.63) is 34.6 Å². The Hall–Kier alpha value is -1.59. The van der Waals surface area contributed by atoms with E-state index >= 15 is 0 Å². The van der Waals surface area contributed by atoms with E-state index < -0.39 is 0 Å². The highest BCUT2D eigenvalue weighted by molar-refractivity contribution is 6.31. The maximum Gasteiger partial charge on any atom is 0.244 e. The van der Waals surface area contributed by atoms with Gasteiger partial charge >= 0.3 is 0 Å². The van der Waals surface area contributed by atoms with Crippen molar-refractivity contribution in [2.45, 2.75) is 39.8 Å². The second-order valence-corrected chi connectivity index (χ2v) is 6.74. The molecule has 0 radical (unpaired) electrons. The molecule has 2 rings (SSSR count). The van der Waals surface area contributed by atoms with Gasteiger partial charge in [-0.2, -0.15) is 5.10 Å². The van der Waals surface area contributed by atoms with Crippen molar-refractivity contribution in [3.63, 3.8) is 0 Å². The number of carbonyl (C=O) groups excluding carboxylic acids is 1. The third-order valence-electron chi connectivity index (χ3n) is 3.78. The molecule has 0 aromatic carbocycles. The Bertz CT molecular complexity index is 620. The van der Waals surface area contributed by atoms with Crippen LogP contribution in [0.1, 0.15) is 31.5 Å². The standard InChI is InChI=1S/C17H24ClN3O2/c1-11(2)9-21-17(18)15(12(3)20-21)6-7-16(23)19-14-5-4-13(8-14)10-22/h4-7,11,13-14,22H,8-10H2,1-3H3,(H,19,23)/b7-6+/t13-,14+/m0/s1. The number of nitrogens with zero attached hydrogens (tertiary/aromatic N) is 2. The molecule has 2 N–H and O–H groups in total. The molecule has 1 aliphatic carbocycles. The van der Waals surface area contributed by atoms with Crippen molar-refractivity contribution in [2.75, 3.05) is 6.61 Å². The molecular weight excluding hydrogens is 314 g/mol. The van der Waals surface area contributed by atoms with Crippen LogP contribution in [0.15, 0.2) is 18.2 Å². The Labute approximate surface area is 142 Å². The van der Waals surface area contributed by atoms with Crippen LogP contribution < -0.4 is 5.32 Å². The van der Waals surface area contributed by atoms with Gasteiger partial charge in [0.1, 0.15) is 5.15 Å². The lowest BCUT2D eigenvalue weighted by molar-refractivity contribution is -0.116. The van der Waals surface area contributed by atoms with Crippen molar-refractivity contribution >= 4 is 23.6 Å². The first-order chi connectivity index (χ1) is 10.9. The minimum absolute atomic E-state index is 0.0236. The van der Waals surface area contributed by atoms with Crippen LogP contribution in [0.5, 0.6) is 0 Å². The van der Waals surface area contributed by atoms with Gasteiger partial charge in [0, 0.05) is 36.8 Å². The molecule has 6 heteroatoms. The third-order valence-corrected chi connectivity index (χ3v) is 4.18. The number of carbonyl (C=O) groups is 1. The number of halogens is 1. The molecule has 23 heavy (non-hydrogen) atoms. The molecule has 0 unspecified atom stereocenters. The first kappa shape index (κ1) is 17.8. The molecule has 0 saturated heterocycles. The highest BCUT2D eigenvalue weighted by atomic mass is 35.5. The lowest BCUT2D eigenvalue weighted by Crippen LogP contribution is -2.31. The number of hydrogen-bond acceptors (Lipinski definition) is 3. The number of aryl methyl sites for hydroxylation is 1. The topological polar surface area (TPSA) is 67.2 Å². The predicted octanol–water partition coefficient (Wildman–Crippen LogP) is 2.57. The number of rotatable bonds is 6. The zero-order valence-electron chi connectivity index (χ0n) is 13.8. The third kappa shape index (κ3) is 4.69. The summed E-state index contributed by atoms with van der Waals surface area (Å²) < 4.78 is 1.77.